The smallest absolute Gasteiger partial charge is 0.112 e. The summed E-state index contributed by atoms with van der Waals surface area (Å²) in [6.45, 7) is 1.18. The Kier molecular flexibility index (Phi) is 4.68. The molecule has 0 aliphatic heterocycles. The first-order valence-electron chi connectivity index (χ1n) is 9.87. The second-order valence-corrected chi connectivity index (χ2v) is 7.74. The van der Waals surface area contributed by atoms with E-state index in [1.54, 1.807) is 0 Å². The van der Waals surface area contributed by atoms with Crippen LogP contribution < -0.4 is 0 Å². The summed E-state index contributed by atoms with van der Waals surface area (Å²) >= 11 is 0. The van der Waals surface area contributed by atoms with Gasteiger partial charge in [-0.05, 0) is 37.3 Å². The van der Waals surface area contributed by atoms with E-state index in [4.69, 9.17) is 4.98 Å². The van der Waals surface area contributed by atoms with E-state index >= 15 is 0 Å². The summed E-state index contributed by atoms with van der Waals surface area (Å²) in [4.78, 5) is 5.06. The molecule has 2 aliphatic carbocycles. The Morgan fingerprint density at radius 2 is 1.57 bits per heavy atom. The van der Waals surface area contributed by atoms with Gasteiger partial charge >= 0.3 is 0 Å². The molecule has 2 aromatic rings. The van der Waals surface area contributed by atoms with Crippen molar-refractivity contribution in [1.82, 2.24) is 9.55 Å². The van der Waals surface area contributed by atoms with Crippen molar-refractivity contribution in [3.8, 4) is 0 Å². The lowest BCUT2D eigenvalue weighted by Crippen LogP contribution is -2.15. The summed E-state index contributed by atoms with van der Waals surface area (Å²) in [5.74, 6) is 3.04. The summed E-state index contributed by atoms with van der Waals surface area (Å²) in [5, 5.41) is 0. The van der Waals surface area contributed by atoms with Gasteiger partial charge in [0.1, 0.15) is 5.82 Å². The first-order chi connectivity index (χ1) is 11.4. The highest BCUT2D eigenvalue weighted by Gasteiger charge is 2.23. The number of imidazole rings is 1. The fraction of sp³-hybridized carbons (Fsp3) is 0.667. The minimum absolute atomic E-state index is 0.697. The van der Waals surface area contributed by atoms with E-state index in [-0.39, 0.29) is 0 Å². The number of aromatic nitrogens is 2. The Morgan fingerprint density at radius 1 is 0.870 bits per heavy atom. The van der Waals surface area contributed by atoms with E-state index in [0.717, 1.165) is 5.92 Å². The molecule has 124 valence electrons. The Hall–Kier alpha value is -1.31. The quantitative estimate of drug-likeness (QED) is 0.671. The second-order valence-electron chi connectivity index (χ2n) is 7.74. The Morgan fingerprint density at radius 3 is 2.35 bits per heavy atom. The zero-order valence-corrected chi connectivity index (χ0v) is 14.3. The van der Waals surface area contributed by atoms with Gasteiger partial charge in [-0.25, -0.2) is 4.98 Å². The number of hydrogen-bond acceptors (Lipinski definition) is 1. The van der Waals surface area contributed by atoms with Gasteiger partial charge < -0.3 is 4.57 Å². The fourth-order valence-corrected chi connectivity index (χ4v) is 4.79. The van der Waals surface area contributed by atoms with Crippen LogP contribution in [-0.4, -0.2) is 9.55 Å². The monoisotopic (exact) mass is 310 g/mol. The molecular formula is C21H30N2. The van der Waals surface area contributed by atoms with Crippen LogP contribution in [0.3, 0.4) is 0 Å². The number of benzene rings is 1. The molecule has 2 saturated carbocycles. The number of rotatable bonds is 4. The van der Waals surface area contributed by atoms with Crippen molar-refractivity contribution in [3.63, 3.8) is 0 Å². The van der Waals surface area contributed by atoms with E-state index in [0.29, 0.717) is 5.92 Å². The number of nitrogens with zero attached hydrogens (tertiary/aromatic N) is 2. The van der Waals surface area contributed by atoms with Gasteiger partial charge in [-0.15, -0.1) is 0 Å². The maximum absolute atomic E-state index is 5.06. The molecule has 2 aliphatic rings. The first-order valence-corrected chi connectivity index (χ1v) is 9.87. The number of para-hydroxylation sites is 2. The number of aryl methyl sites for hydroxylation is 1. The van der Waals surface area contributed by atoms with Crippen molar-refractivity contribution in [1.29, 1.82) is 0 Å². The summed E-state index contributed by atoms with van der Waals surface area (Å²) < 4.78 is 2.58. The van der Waals surface area contributed by atoms with Crippen molar-refractivity contribution >= 4 is 11.0 Å². The normalized spacial score (nSPS) is 21.0. The van der Waals surface area contributed by atoms with Gasteiger partial charge in [0.2, 0.25) is 0 Å². The molecule has 1 aromatic heterocycles. The van der Waals surface area contributed by atoms with Crippen LogP contribution in [0.15, 0.2) is 24.3 Å². The second kappa shape index (κ2) is 7.07. The zero-order chi connectivity index (χ0) is 15.5. The molecule has 0 N–H and O–H groups in total. The van der Waals surface area contributed by atoms with Gasteiger partial charge in [0.05, 0.1) is 11.0 Å². The largest absolute Gasteiger partial charge is 0.328 e. The summed E-state index contributed by atoms with van der Waals surface area (Å²) in [6.07, 6.45) is 15.5. The van der Waals surface area contributed by atoms with Crippen molar-refractivity contribution in [2.45, 2.75) is 83.1 Å². The highest BCUT2D eigenvalue weighted by molar-refractivity contribution is 5.76. The van der Waals surface area contributed by atoms with E-state index in [2.05, 4.69) is 28.8 Å². The van der Waals surface area contributed by atoms with Gasteiger partial charge in [0.25, 0.3) is 0 Å². The number of fused-ring (bicyclic) bond motifs is 1. The van der Waals surface area contributed by atoms with E-state index in [1.165, 1.54) is 94.0 Å². The third-order valence-corrected chi connectivity index (χ3v) is 6.14. The van der Waals surface area contributed by atoms with Gasteiger partial charge in [-0.3, -0.25) is 0 Å². The first kappa shape index (κ1) is 15.2. The average Bonchev–Trinajstić information content (AvgIpc) is 3.00. The Bertz CT molecular complexity index is 630. The molecular weight excluding hydrogens is 280 g/mol. The molecule has 0 spiro atoms. The maximum atomic E-state index is 5.06. The molecule has 0 atom stereocenters. The molecule has 0 radical (unpaired) electrons. The molecule has 1 aromatic carbocycles. The predicted octanol–water partition coefficient (Wildman–Crippen LogP) is 6.05. The van der Waals surface area contributed by atoms with Crippen LogP contribution in [0.1, 0.15) is 82.4 Å². The fourth-order valence-electron chi connectivity index (χ4n) is 4.79. The van der Waals surface area contributed by atoms with Crippen LogP contribution in [0.4, 0.5) is 0 Å². The van der Waals surface area contributed by atoms with Crippen LogP contribution in [-0.2, 0) is 6.54 Å². The van der Waals surface area contributed by atoms with Crippen LogP contribution in [0.2, 0.25) is 0 Å². The van der Waals surface area contributed by atoms with Crippen LogP contribution in [0.5, 0.6) is 0 Å². The lowest BCUT2D eigenvalue weighted by molar-refractivity contribution is 0.320. The lowest BCUT2D eigenvalue weighted by Gasteiger charge is -2.25. The van der Waals surface area contributed by atoms with Gasteiger partial charge in [0.15, 0.2) is 0 Å². The molecule has 0 bridgehead atoms. The predicted molar refractivity (Wildman–Crippen MR) is 96.8 cm³/mol. The minimum Gasteiger partial charge on any atom is -0.328 e. The highest BCUT2D eigenvalue weighted by atomic mass is 15.1. The van der Waals surface area contributed by atoms with Gasteiger partial charge in [-0.1, -0.05) is 63.5 Å². The average molecular weight is 310 g/mol. The topological polar surface area (TPSA) is 17.8 Å². The minimum atomic E-state index is 0.697. The van der Waals surface area contributed by atoms with Crippen molar-refractivity contribution in [2.75, 3.05) is 0 Å². The Balaban J connectivity index is 1.59. The van der Waals surface area contributed by atoms with Gasteiger partial charge in [-0.2, -0.15) is 0 Å². The lowest BCUT2D eigenvalue weighted by atomic mass is 9.86. The maximum Gasteiger partial charge on any atom is 0.112 e. The molecule has 0 amide bonds. The van der Waals surface area contributed by atoms with Gasteiger partial charge in [0, 0.05) is 12.5 Å². The molecule has 4 rings (SSSR count). The Labute approximate surface area is 140 Å². The molecule has 23 heavy (non-hydrogen) atoms. The van der Waals surface area contributed by atoms with Crippen molar-refractivity contribution < 1.29 is 0 Å². The standard InChI is InChI=1S/C21H30N2/c1-3-9-17(10-4-1)15-16-23-20-14-8-7-13-19(20)22-21(23)18-11-5-2-6-12-18/h7-8,13-14,17-18H,1-6,9-12,15-16H2. The molecule has 2 heteroatoms. The summed E-state index contributed by atoms with van der Waals surface area (Å²) in [5.41, 5.74) is 2.57. The van der Waals surface area contributed by atoms with Crippen LogP contribution in [0, 0.1) is 5.92 Å². The SMILES string of the molecule is c1ccc2c(c1)nc(C1CCCCC1)n2CCC1CCCCC1. The molecule has 1 heterocycles. The van der Waals surface area contributed by atoms with Crippen LogP contribution in [0.25, 0.3) is 11.0 Å². The third-order valence-electron chi connectivity index (χ3n) is 6.14. The highest BCUT2D eigenvalue weighted by Crippen LogP contribution is 2.35. The van der Waals surface area contributed by atoms with E-state index in [9.17, 15) is 0 Å². The van der Waals surface area contributed by atoms with E-state index in [1.807, 2.05) is 0 Å². The molecule has 0 unspecified atom stereocenters. The molecule has 0 saturated heterocycles. The van der Waals surface area contributed by atoms with E-state index < -0.39 is 0 Å². The van der Waals surface area contributed by atoms with Crippen molar-refractivity contribution in [3.05, 3.63) is 30.1 Å². The zero-order valence-electron chi connectivity index (χ0n) is 14.3. The van der Waals surface area contributed by atoms with Crippen molar-refractivity contribution in [2.24, 2.45) is 5.92 Å². The molecule has 2 nitrogen and oxygen atoms in total. The molecule has 2 fully saturated rings. The summed E-state index contributed by atoms with van der Waals surface area (Å²) in [7, 11) is 0. The summed E-state index contributed by atoms with van der Waals surface area (Å²) in [6, 6.07) is 8.77. The number of hydrogen-bond donors (Lipinski definition) is 0. The van der Waals surface area contributed by atoms with Crippen LogP contribution >= 0.6 is 0 Å². The third kappa shape index (κ3) is 3.32.